The molecular formula is C14H15N3O3. The van der Waals surface area contributed by atoms with Crippen LogP contribution in [0.15, 0.2) is 18.3 Å². The Bertz CT molecular complexity index is 576. The van der Waals surface area contributed by atoms with Crippen molar-refractivity contribution in [3.8, 4) is 6.07 Å². The predicted molar refractivity (Wildman–Crippen MR) is 69.8 cm³/mol. The van der Waals surface area contributed by atoms with Gasteiger partial charge in [-0.05, 0) is 25.0 Å². The van der Waals surface area contributed by atoms with Crippen molar-refractivity contribution in [2.24, 2.45) is 5.41 Å². The molecule has 0 spiro atoms. The van der Waals surface area contributed by atoms with Gasteiger partial charge in [0, 0.05) is 19.3 Å². The third-order valence-electron chi connectivity index (χ3n) is 3.88. The zero-order valence-corrected chi connectivity index (χ0v) is 11.2. The van der Waals surface area contributed by atoms with Crippen LogP contribution in [-0.4, -0.2) is 40.0 Å². The van der Waals surface area contributed by atoms with Gasteiger partial charge in [0.25, 0.3) is 5.91 Å². The maximum Gasteiger partial charge on any atom is 0.311 e. The minimum Gasteiger partial charge on any atom is -0.481 e. The number of carbonyl (C=O) groups is 2. The lowest BCUT2D eigenvalue weighted by atomic mass is 9.84. The Labute approximate surface area is 116 Å². The first-order chi connectivity index (χ1) is 9.52. The van der Waals surface area contributed by atoms with E-state index in [1.165, 1.54) is 23.2 Å². The van der Waals surface area contributed by atoms with Crippen molar-refractivity contribution >= 4 is 11.9 Å². The van der Waals surface area contributed by atoms with Crippen LogP contribution in [0.3, 0.4) is 0 Å². The van der Waals surface area contributed by atoms with E-state index in [2.05, 4.69) is 4.98 Å². The molecule has 0 radical (unpaired) electrons. The maximum atomic E-state index is 12.3. The number of carboxylic acid groups (broad SMARTS) is 1. The molecule has 1 aliphatic heterocycles. The van der Waals surface area contributed by atoms with Crippen LogP contribution in [0.4, 0.5) is 0 Å². The summed E-state index contributed by atoms with van der Waals surface area (Å²) in [6.45, 7) is 2.45. The number of hydrogen-bond donors (Lipinski definition) is 1. The fourth-order valence-corrected chi connectivity index (χ4v) is 2.41. The van der Waals surface area contributed by atoms with Crippen LogP contribution in [0.5, 0.6) is 0 Å². The van der Waals surface area contributed by atoms with E-state index in [9.17, 15) is 14.7 Å². The first kappa shape index (κ1) is 14.0. The monoisotopic (exact) mass is 273 g/mol. The van der Waals surface area contributed by atoms with Gasteiger partial charge in [-0.1, -0.05) is 6.92 Å². The van der Waals surface area contributed by atoms with Crippen molar-refractivity contribution in [2.75, 3.05) is 13.1 Å². The van der Waals surface area contributed by atoms with Crippen LogP contribution in [0, 0.1) is 16.7 Å². The van der Waals surface area contributed by atoms with E-state index in [0.29, 0.717) is 24.9 Å². The summed E-state index contributed by atoms with van der Waals surface area (Å²) >= 11 is 0. The maximum absolute atomic E-state index is 12.3. The molecule has 0 saturated carbocycles. The standard InChI is InChI=1S/C14H15N3O3/c1-2-14(13(19)20)5-6-17(9-14)12(18)11-4-3-10(7-15)8-16-11/h3-4,8H,2,5-6,9H2,1H3,(H,19,20). The Hall–Kier alpha value is -2.42. The first-order valence-corrected chi connectivity index (χ1v) is 6.41. The SMILES string of the molecule is CCC1(C(=O)O)CCN(C(=O)c2ccc(C#N)cn2)C1. The average molecular weight is 273 g/mol. The smallest absolute Gasteiger partial charge is 0.311 e. The molecule has 1 atom stereocenters. The van der Waals surface area contributed by atoms with Crippen LogP contribution < -0.4 is 0 Å². The summed E-state index contributed by atoms with van der Waals surface area (Å²) in [5, 5.41) is 18.0. The van der Waals surface area contributed by atoms with Crippen LogP contribution in [0.1, 0.15) is 35.8 Å². The summed E-state index contributed by atoms with van der Waals surface area (Å²) in [7, 11) is 0. The number of aliphatic carboxylic acids is 1. The van der Waals surface area contributed by atoms with Crippen molar-refractivity contribution in [2.45, 2.75) is 19.8 Å². The molecule has 0 aliphatic carbocycles. The van der Waals surface area contributed by atoms with E-state index in [4.69, 9.17) is 5.26 Å². The number of carbonyl (C=O) groups excluding carboxylic acids is 1. The van der Waals surface area contributed by atoms with Gasteiger partial charge in [0.1, 0.15) is 11.8 Å². The number of aromatic nitrogens is 1. The highest BCUT2D eigenvalue weighted by Gasteiger charge is 2.45. The van der Waals surface area contributed by atoms with Gasteiger partial charge in [0.2, 0.25) is 0 Å². The molecule has 1 saturated heterocycles. The van der Waals surface area contributed by atoms with E-state index in [1.54, 1.807) is 0 Å². The largest absolute Gasteiger partial charge is 0.481 e. The molecule has 1 unspecified atom stereocenters. The molecule has 1 fully saturated rings. The molecule has 0 aromatic carbocycles. The molecule has 2 rings (SSSR count). The lowest BCUT2D eigenvalue weighted by molar-refractivity contribution is -0.148. The lowest BCUT2D eigenvalue weighted by Crippen LogP contribution is -2.36. The third kappa shape index (κ3) is 2.35. The molecule has 1 aromatic heterocycles. The highest BCUT2D eigenvalue weighted by atomic mass is 16.4. The van der Waals surface area contributed by atoms with Crippen molar-refractivity contribution in [3.63, 3.8) is 0 Å². The zero-order chi connectivity index (χ0) is 14.8. The molecule has 1 amide bonds. The number of nitriles is 1. The van der Waals surface area contributed by atoms with Crippen LogP contribution in [0.2, 0.25) is 0 Å². The highest BCUT2D eigenvalue weighted by molar-refractivity contribution is 5.93. The lowest BCUT2D eigenvalue weighted by Gasteiger charge is -2.22. The van der Waals surface area contributed by atoms with Crippen LogP contribution in [0.25, 0.3) is 0 Å². The van der Waals surface area contributed by atoms with Gasteiger partial charge in [-0.3, -0.25) is 9.59 Å². The van der Waals surface area contributed by atoms with Crippen LogP contribution in [-0.2, 0) is 4.79 Å². The molecule has 2 heterocycles. The highest BCUT2D eigenvalue weighted by Crippen LogP contribution is 2.34. The van der Waals surface area contributed by atoms with Gasteiger partial charge in [-0.25, -0.2) is 4.98 Å². The molecule has 1 aliphatic rings. The third-order valence-corrected chi connectivity index (χ3v) is 3.88. The van der Waals surface area contributed by atoms with E-state index in [1.807, 2.05) is 13.0 Å². The molecular weight excluding hydrogens is 258 g/mol. The average Bonchev–Trinajstić information content (AvgIpc) is 2.92. The topological polar surface area (TPSA) is 94.3 Å². The number of amides is 1. The van der Waals surface area contributed by atoms with E-state index >= 15 is 0 Å². The minimum atomic E-state index is -0.858. The molecule has 0 bridgehead atoms. The minimum absolute atomic E-state index is 0.208. The number of carboxylic acids is 1. The Balaban J connectivity index is 2.15. The summed E-state index contributed by atoms with van der Waals surface area (Å²) in [5.41, 5.74) is -0.222. The number of pyridine rings is 1. The summed E-state index contributed by atoms with van der Waals surface area (Å²) in [6.07, 6.45) is 2.29. The number of nitrogens with zero attached hydrogens (tertiary/aromatic N) is 3. The second kappa shape index (κ2) is 5.29. The summed E-state index contributed by atoms with van der Waals surface area (Å²) in [6, 6.07) is 4.96. The van der Waals surface area contributed by atoms with E-state index in [-0.39, 0.29) is 18.1 Å². The summed E-state index contributed by atoms with van der Waals surface area (Å²) < 4.78 is 0. The van der Waals surface area contributed by atoms with Crippen molar-refractivity contribution in [1.29, 1.82) is 5.26 Å². The Morgan fingerprint density at radius 3 is 2.75 bits per heavy atom. The normalized spacial score (nSPS) is 21.5. The first-order valence-electron chi connectivity index (χ1n) is 6.41. The second-order valence-electron chi connectivity index (χ2n) is 4.96. The quantitative estimate of drug-likeness (QED) is 0.895. The second-order valence-corrected chi connectivity index (χ2v) is 4.96. The zero-order valence-electron chi connectivity index (χ0n) is 11.2. The molecule has 1 aromatic rings. The Morgan fingerprint density at radius 2 is 2.30 bits per heavy atom. The van der Waals surface area contributed by atoms with Crippen molar-refractivity contribution < 1.29 is 14.7 Å². The number of hydrogen-bond acceptors (Lipinski definition) is 4. The van der Waals surface area contributed by atoms with Gasteiger partial charge in [-0.2, -0.15) is 5.26 Å². The van der Waals surface area contributed by atoms with Gasteiger partial charge >= 0.3 is 5.97 Å². The number of likely N-dealkylation sites (tertiary alicyclic amines) is 1. The van der Waals surface area contributed by atoms with Crippen molar-refractivity contribution in [1.82, 2.24) is 9.88 Å². The molecule has 20 heavy (non-hydrogen) atoms. The fourth-order valence-electron chi connectivity index (χ4n) is 2.41. The molecule has 104 valence electrons. The van der Waals surface area contributed by atoms with Crippen LogP contribution >= 0.6 is 0 Å². The van der Waals surface area contributed by atoms with E-state index in [0.717, 1.165) is 0 Å². The van der Waals surface area contributed by atoms with Crippen molar-refractivity contribution in [3.05, 3.63) is 29.6 Å². The molecule has 6 heteroatoms. The molecule has 6 nitrogen and oxygen atoms in total. The summed E-state index contributed by atoms with van der Waals surface area (Å²) in [5.74, 6) is -1.14. The van der Waals surface area contributed by atoms with Gasteiger partial charge in [-0.15, -0.1) is 0 Å². The number of rotatable bonds is 3. The predicted octanol–water partition coefficient (Wildman–Crippen LogP) is 1.28. The Morgan fingerprint density at radius 1 is 1.55 bits per heavy atom. The van der Waals surface area contributed by atoms with Gasteiger partial charge in [0.15, 0.2) is 0 Å². The fraction of sp³-hybridized carbons (Fsp3) is 0.429. The Kier molecular flexibility index (Phi) is 3.70. The molecule has 1 N–H and O–H groups in total. The summed E-state index contributed by atoms with van der Waals surface area (Å²) in [4.78, 5) is 29.1. The van der Waals surface area contributed by atoms with Gasteiger partial charge in [0.05, 0.1) is 11.0 Å². The van der Waals surface area contributed by atoms with E-state index < -0.39 is 11.4 Å². The van der Waals surface area contributed by atoms with Gasteiger partial charge < -0.3 is 10.0 Å².